The average molecular weight is 368 g/mol. The van der Waals surface area contributed by atoms with Gasteiger partial charge in [-0.2, -0.15) is 0 Å². The highest BCUT2D eigenvalue weighted by Gasteiger charge is 2.35. The monoisotopic (exact) mass is 368 g/mol. The highest BCUT2D eigenvalue weighted by molar-refractivity contribution is 6.54. The van der Waals surface area contributed by atoms with Crippen LogP contribution in [0.2, 0.25) is 0 Å². The fraction of sp³-hybridized carbons (Fsp3) is 0.158. The molecule has 0 fully saturated rings. The zero-order valence-corrected chi connectivity index (χ0v) is 14.4. The van der Waals surface area contributed by atoms with Crippen LogP contribution in [-0.4, -0.2) is 42.3 Å². The second-order valence-electron chi connectivity index (χ2n) is 5.70. The molecule has 1 N–H and O–H groups in total. The molecule has 3 rings (SSSR count). The standard InChI is InChI=1S/C19H16N2O6/c1-26-19(25)13-8-6-12(7-9-13)11-27-20-17-14-4-2-3-5-15(14)21(18(17)24)10-16(22)23/h2-9H,10-11H2,1H3,(H,22,23)/b20-17+. The highest BCUT2D eigenvalue weighted by Crippen LogP contribution is 2.29. The third kappa shape index (κ3) is 3.79. The number of carbonyl (C=O) groups is 3. The minimum atomic E-state index is -1.12. The topological polar surface area (TPSA) is 106 Å². The van der Waals surface area contributed by atoms with E-state index in [0.717, 1.165) is 10.5 Å². The van der Waals surface area contributed by atoms with E-state index in [9.17, 15) is 14.4 Å². The van der Waals surface area contributed by atoms with Crippen molar-refractivity contribution in [3.8, 4) is 0 Å². The first kappa shape index (κ1) is 18.1. The maximum atomic E-state index is 12.5. The first-order valence-corrected chi connectivity index (χ1v) is 8.01. The fourth-order valence-electron chi connectivity index (χ4n) is 2.67. The van der Waals surface area contributed by atoms with Crippen molar-refractivity contribution in [3.63, 3.8) is 0 Å². The molecule has 0 atom stereocenters. The molecule has 0 saturated carbocycles. The van der Waals surface area contributed by atoms with E-state index in [1.165, 1.54) is 7.11 Å². The van der Waals surface area contributed by atoms with Gasteiger partial charge in [-0.1, -0.05) is 35.5 Å². The van der Waals surface area contributed by atoms with E-state index in [4.69, 9.17) is 9.94 Å². The molecule has 1 amide bonds. The number of fused-ring (bicyclic) bond motifs is 1. The molecule has 8 heteroatoms. The van der Waals surface area contributed by atoms with Gasteiger partial charge in [-0.25, -0.2) is 4.79 Å². The van der Waals surface area contributed by atoms with Crippen molar-refractivity contribution in [2.24, 2.45) is 5.16 Å². The predicted octanol–water partition coefficient (Wildman–Crippen LogP) is 1.83. The minimum Gasteiger partial charge on any atom is -0.480 e. The number of aliphatic carboxylic acids is 1. The number of carbonyl (C=O) groups excluding carboxylic acids is 2. The fourth-order valence-corrected chi connectivity index (χ4v) is 2.67. The van der Waals surface area contributed by atoms with E-state index in [1.54, 1.807) is 48.5 Å². The quantitative estimate of drug-likeness (QED) is 0.616. The van der Waals surface area contributed by atoms with Gasteiger partial charge in [-0.05, 0) is 23.8 Å². The summed E-state index contributed by atoms with van der Waals surface area (Å²) in [5.41, 5.74) is 2.21. The van der Waals surface area contributed by atoms with Crippen molar-refractivity contribution in [2.45, 2.75) is 6.61 Å². The summed E-state index contributed by atoms with van der Waals surface area (Å²) >= 11 is 0. The SMILES string of the molecule is COC(=O)c1ccc(CO/N=C2/C(=O)N(CC(=O)O)c3ccccc32)cc1. The molecule has 2 aromatic rings. The summed E-state index contributed by atoms with van der Waals surface area (Å²) in [6.07, 6.45) is 0. The largest absolute Gasteiger partial charge is 0.480 e. The van der Waals surface area contributed by atoms with E-state index in [1.807, 2.05) is 0 Å². The van der Waals surface area contributed by atoms with Crippen LogP contribution in [0.5, 0.6) is 0 Å². The summed E-state index contributed by atoms with van der Waals surface area (Å²) in [7, 11) is 1.31. The molecule has 1 heterocycles. The molecule has 1 aliphatic heterocycles. The number of oxime groups is 1. The lowest BCUT2D eigenvalue weighted by molar-refractivity contribution is -0.136. The number of benzene rings is 2. The number of hydrogen-bond acceptors (Lipinski definition) is 6. The van der Waals surface area contributed by atoms with E-state index in [-0.39, 0.29) is 12.3 Å². The van der Waals surface area contributed by atoms with Crippen molar-refractivity contribution in [1.82, 2.24) is 0 Å². The summed E-state index contributed by atoms with van der Waals surface area (Å²) in [5, 5.41) is 12.9. The average Bonchev–Trinajstić information content (AvgIpc) is 2.93. The van der Waals surface area contributed by atoms with Gasteiger partial charge >= 0.3 is 11.9 Å². The number of amides is 1. The van der Waals surface area contributed by atoms with Crippen molar-refractivity contribution < 1.29 is 29.1 Å². The van der Waals surface area contributed by atoms with Crippen LogP contribution < -0.4 is 4.90 Å². The van der Waals surface area contributed by atoms with Gasteiger partial charge in [-0.3, -0.25) is 14.5 Å². The number of methoxy groups -OCH3 is 1. The summed E-state index contributed by atoms with van der Waals surface area (Å²) < 4.78 is 4.63. The molecule has 27 heavy (non-hydrogen) atoms. The van der Waals surface area contributed by atoms with Crippen molar-refractivity contribution in [1.29, 1.82) is 0 Å². The molecule has 1 aliphatic rings. The maximum Gasteiger partial charge on any atom is 0.337 e. The normalized spacial score (nSPS) is 14.2. The Hall–Kier alpha value is -3.68. The summed E-state index contributed by atoms with van der Waals surface area (Å²) in [5.74, 6) is -2.08. The Labute approximate surface area is 154 Å². The Morgan fingerprint density at radius 1 is 1.11 bits per heavy atom. The third-order valence-corrected chi connectivity index (χ3v) is 3.95. The maximum absolute atomic E-state index is 12.5. The van der Waals surface area contributed by atoms with Gasteiger partial charge in [0.2, 0.25) is 0 Å². The van der Waals surface area contributed by atoms with Crippen LogP contribution in [0, 0.1) is 0 Å². The Morgan fingerprint density at radius 2 is 1.81 bits per heavy atom. The molecule has 0 aliphatic carbocycles. The number of nitrogens with zero attached hydrogens (tertiary/aromatic N) is 2. The first-order valence-electron chi connectivity index (χ1n) is 8.01. The van der Waals surface area contributed by atoms with E-state index in [2.05, 4.69) is 9.89 Å². The highest BCUT2D eigenvalue weighted by atomic mass is 16.6. The summed E-state index contributed by atoms with van der Waals surface area (Å²) in [6, 6.07) is 13.4. The van der Waals surface area contributed by atoms with Gasteiger partial charge in [0.1, 0.15) is 13.2 Å². The number of hydrogen-bond donors (Lipinski definition) is 1. The van der Waals surface area contributed by atoms with Gasteiger partial charge < -0.3 is 14.7 Å². The molecular formula is C19H16N2O6. The lowest BCUT2D eigenvalue weighted by Crippen LogP contribution is -2.34. The van der Waals surface area contributed by atoms with Crippen LogP contribution in [0.25, 0.3) is 0 Å². The Kier molecular flexibility index (Phi) is 5.16. The van der Waals surface area contributed by atoms with Crippen molar-refractivity contribution in [2.75, 3.05) is 18.6 Å². The smallest absolute Gasteiger partial charge is 0.337 e. The molecule has 0 bridgehead atoms. The zero-order valence-electron chi connectivity index (χ0n) is 14.4. The number of para-hydroxylation sites is 1. The van der Waals surface area contributed by atoms with Crippen molar-refractivity contribution >= 4 is 29.2 Å². The van der Waals surface area contributed by atoms with Crippen LogP contribution in [0.4, 0.5) is 5.69 Å². The Bertz CT molecular complexity index is 920. The number of carboxylic acids is 1. The van der Waals surface area contributed by atoms with Crippen LogP contribution in [0.15, 0.2) is 53.7 Å². The van der Waals surface area contributed by atoms with Gasteiger partial charge in [-0.15, -0.1) is 0 Å². The van der Waals surface area contributed by atoms with Gasteiger partial charge in [0, 0.05) is 5.56 Å². The zero-order chi connectivity index (χ0) is 19.4. The van der Waals surface area contributed by atoms with Crippen LogP contribution in [0.3, 0.4) is 0 Å². The van der Waals surface area contributed by atoms with Crippen LogP contribution in [0.1, 0.15) is 21.5 Å². The van der Waals surface area contributed by atoms with E-state index in [0.29, 0.717) is 16.8 Å². The second kappa shape index (κ2) is 7.69. The van der Waals surface area contributed by atoms with Crippen molar-refractivity contribution in [3.05, 3.63) is 65.2 Å². The molecule has 0 aromatic heterocycles. The van der Waals surface area contributed by atoms with Gasteiger partial charge in [0.15, 0.2) is 5.71 Å². The Balaban J connectivity index is 1.74. The lowest BCUT2D eigenvalue weighted by Gasteiger charge is -2.13. The number of rotatable bonds is 6. The second-order valence-corrected chi connectivity index (χ2v) is 5.70. The van der Waals surface area contributed by atoms with Crippen LogP contribution in [-0.2, 0) is 25.8 Å². The molecule has 0 saturated heterocycles. The number of carboxylic acid groups (broad SMARTS) is 1. The van der Waals surface area contributed by atoms with Crippen LogP contribution >= 0.6 is 0 Å². The Morgan fingerprint density at radius 3 is 2.48 bits per heavy atom. The van der Waals surface area contributed by atoms with E-state index < -0.39 is 24.4 Å². The number of anilines is 1. The third-order valence-electron chi connectivity index (χ3n) is 3.95. The van der Waals surface area contributed by atoms with E-state index >= 15 is 0 Å². The molecule has 0 unspecified atom stereocenters. The molecule has 8 nitrogen and oxygen atoms in total. The first-order chi connectivity index (χ1) is 13.0. The van der Waals surface area contributed by atoms with Gasteiger partial charge in [0.25, 0.3) is 5.91 Å². The number of ether oxygens (including phenoxy) is 1. The molecular weight excluding hydrogens is 352 g/mol. The van der Waals surface area contributed by atoms with Gasteiger partial charge in [0.05, 0.1) is 18.4 Å². The molecule has 138 valence electrons. The number of esters is 1. The molecule has 2 aromatic carbocycles. The molecule has 0 spiro atoms. The summed E-state index contributed by atoms with van der Waals surface area (Å²) in [6.45, 7) is -0.372. The molecule has 0 radical (unpaired) electrons. The minimum absolute atomic E-state index is 0.0537. The summed E-state index contributed by atoms with van der Waals surface area (Å²) in [4.78, 5) is 41.4. The predicted molar refractivity (Wildman–Crippen MR) is 95.5 cm³/mol. The lowest BCUT2D eigenvalue weighted by atomic mass is 10.1.